The molecule has 2 heterocycles. The number of carbonyl (C=O) groups is 2. The van der Waals surface area contributed by atoms with Gasteiger partial charge in [0, 0.05) is 32.6 Å². The molecule has 2 fully saturated rings. The summed E-state index contributed by atoms with van der Waals surface area (Å²) in [5.74, 6) is 2.32. The molecule has 1 atom stereocenters. The van der Waals surface area contributed by atoms with Crippen molar-refractivity contribution in [3.63, 3.8) is 0 Å². The molecule has 2 amide bonds. The van der Waals surface area contributed by atoms with Gasteiger partial charge < -0.3 is 19.7 Å². The molecule has 1 saturated heterocycles. The maximum atomic E-state index is 12.6. The number of hydrogen-bond donors (Lipinski definition) is 1. The van der Waals surface area contributed by atoms with Gasteiger partial charge in [-0.1, -0.05) is 31.4 Å². The van der Waals surface area contributed by atoms with E-state index in [2.05, 4.69) is 10.2 Å². The standard InChI is InChI=1S/C23H33N3O4/c27-22(24-15-19-17-29-20-8-4-5-9-21(20)30-19)16-25-10-12-26(13-11-25)23(28)14-18-6-2-1-3-7-18/h4-5,8-9,18-19H,1-3,6-7,10-17H2,(H,24,27). The Morgan fingerprint density at radius 2 is 1.73 bits per heavy atom. The molecule has 1 aromatic rings. The number of hydrogen-bond acceptors (Lipinski definition) is 5. The summed E-state index contributed by atoms with van der Waals surface area (Å²) < 4.78 is 11.6. The molecule has 1 aromatic carbocycles. The highest BCUT2D eigenvalue weighted by Crippen LogP contribution is 2.30. The van der Waals surface area contributed by atoms with Crippen LogP contribution in [0.5, 0.6) is 11.5 Å². The Morgan fingerprint density at radius 3 is 2.50 bits per heavy atom. The number of rotatable bonds is 6. The zero-order valence-corrected chi connectivity index (χ0v) is 17.7. The van der Waals surface area contributed by atoms with E-state index in [0.717, 1.165) is 37.7 Å². The second-order valence-corrected chi connectivity index (χ2v) is 8.67. The third-order valence-electron chi connectivity index (χ3n) is 6.37. The van der Waals surface area contributed by atoms with Crippen LogP contribution in [0.25, 0.3) is 0 Å². The minimum Gasteiger partial charge on any atom is -0.486 e. The molecule has 1 N–H and O–H groups in total. The Labute approximate surface area is 178 Å². The highest BCUT2D eigenvalue weighted by Gasteiger charge is 2.26. The molecular weight excluding hydrogens is 382 g/mol. The summed E-state index contributed by atoms with van der Waals surface area (Å²) in [7, 11) is 0. The molecular formula is C23H33N3O4. The van der Waals surface area contributed by atoms with Crippen molar-refractivity contribution in [3.05, 3.63) is 24.3 Å². The van der Waals surface area contributed by atoms with Crippen LogP contribution in [0, 0.1) is 5.92 Å². The summed E-state index contributed by atoms with van der Waals surface area (Å²) in [6.45, 7) is 4.14. The van der Waals surface area contributed by atoms with Crippen molar-refractivity contribution in [3.8, 4) is 11.5 Å². The Kier molecular flexibility index (Phi) is 7.10. The largest absolute Gasteiger partial charge is 0.486 e. The van der Waals surface area contributed by atoms with Crippen molar-refractivity contribution in [2.75, 3.05) is 45.9 Å². The van der Waals surface area contributed by atoms with E-state index < -0.39 is 0 Å². The van der Waals surface area contributed by atoms with Gasteiger partial charge in [-0.15, -0.1) is 0 Å². The highest BCUT2D eigenvalue weighted by molar-refractivity contribution is 5.78. The zero-order chi connectivity index (χ0) is 20.8. The number of nitrogens with zero attached hydrogens (tertiary/aromatic N) is 2. The first-order valence-electron chi connectivity index (χ1n) is 11.3. The monoisotopic (exact) mass is 415 g/mol. The van der Waals surface area contributed by atoms with E-state index in [4.69, 9.17) is 9.47 Å². The topological polar surface area (TPSA) is 71.1 Å². The maximum Gasteiger partial charge on any atom is 0.234 e. The molecule has 0 spiro atoms. The van der Waals surface area contributed by atoms with Gasteiger partial charge >= 0.3 is 0 Å². The Morgan fingerprint density at radius 1 is 1.00 bits per heavy atom. The zero-order valence-electron chi connectivity index (χ0n) is 17.7. The quantitative estimate of drug-likeness (QED) is 0.770. The number of amides is 2. The minimum absolute atomic E-state index is 0.0144. The van der Waals surface area contributed by atoms with E-state index in [9.17, 15) is 9.59 Å². The van der Waals surface area contributed by atoms with Crippen LogP contribution in [0.1, 0.15) is 38.5 Å². The van der Waals surface area contributed by atoms with E-state index in [1.54, 1.807) is 0 Å². The molecule has 0 radical (unpaired) electrons. The van der Waals surface area contributed by atoms with Crippen molar-refractivity contribution in [1.29, 1.82) is 0 Å². The second kappa shape index (κ2) is 10.2. The lowest BCUT2D eigenvalue weighted by molar-refractivity contribution is -0.134. The SMILES string of the molecule is O=C(CN1CCN(C(=O)CC2CCCCC2)CC1)NCC1COc2ccccc2O1. The van der Waals surface area contributed by atoms with Gasteiger partial charge in [-0.25, -0.2) is 0 Å². The number of carbonyl (C=O) groups excluding carboxylic acids is 2. The third-order valence-corrected chi connectivity index (χ3v) is 6.37. The van der Waals surface area contributed by atoms with Crippen molar-refractivity contribution in [1.82, 2.24) is 15.1 Å². The second-order valence-electron chi connectivity index (χ2n) is 8.67. The van der Waals surface area contributed by atoms with E-state index in [0.29, 0.717) is 37.9 Å². The van der Waals surface area contributed by atoms with E-state index >= 15 is 0 Å². The molecule has 0 bridgehead atoms. The molecule has 1 saturated carbocycles. The summed E-state index contributed by atoms with van der Waals surface area (Å²) in [6.07, 6.45) is 6.78. The van der Waals surface area contributed by atoms with Crippen LogP contribution in [-0.2, 0) is 9.59 Å². The van der Waals surface area contributed by atoms with Gasteiger partial charge in [-0.2, -0.15) is 0 Å². The van der Waals surface area contributed by atoms with Crippen LogP contribution in [0.2, 0.25) is 0 Å². The van der Waals surface area contributed by atoms with E-state index in [-0.39, 0.29) is 12.0 Å². The molecule has 7 heteroatoms. The van der Waals surface area contributed by atoms with Crippen LogP contribution < -0.4 is 14.8 Å². The van der Waals surface area contributed by atoms with Crippen LogP contribution in [0.15, 0.2) is 24.3 Å². The molecule has 2 aliphatic heterocycles. The van der Waals surface area contributed by atoms with Crippen molar-refractivity contribution < 1.29 is 19.1 Å². The molecule has 30 heavy (non-hydrogen) atoms. The van der Waals surface area contributed by atoms with Crippen LogP contribution in [-0.4, -0.2) is 73.6 Å². The Bertz CT molecular complexity index is 727. The summed E-state index contributed by atoms with van der Waals surface area (Å²) in [5.41, 5.74) is 0. The molecule has 164 valence electrons. The molecule has 3 aliphatic rings. The summed E-state index contributed by atoms with van der Waals surface area (Å²) in [5, 5.41) is 2.95. The molecule has 4 rings (SSSR count). The lowest BCUT2D eigenvalue weighted by Gasteiger charge is -2.35. The third kappa shape index (κ3) is 5.65. The van der Waals surface area contributed by atoms with Crippen molar-refractivity contribution >= 4 is 11.8 Å². The first-order valence-corrected chi connectivity index (χ1v) is 11.3. The van der Waals surface area contributed by atoms with Crippen molar-refractivity contribution in [2.45, 2.75) is 44.6 Å². The molecule has 0 aromatic heterocycles. The summed E-state index contributed by atoms with van der Waals surface area (Å²) >= 11 is 0. The molecule has 1 unspecified atom stereocenters. The number of piperazine rings is 1. The molecule has 1 aliphatic carbocycles. The van der Waals surface area contributed by atoms with Crippen molar-refractivity contribution in [2.24, 2.45) is 5.92 Å². The minimum atomic E-state index is -0.182. The predicted octanol–water partition coefficient (Wildman–Crippen LogP) is 2.06. The lowest BCUT2D eigenvalue weighted by Crippen LogP contribution is -2.52. The Balaban J connectivity index is 1.13. The van der Waals surface area contributed by atoms with Gasteiger partial charge in [0.25, 0.3) is 0 Å². The summed E-state index contributed by atoms with van der Waals surface area (Å²) in [4.78, 5) is 29.0. The number of nitrogens with one attached hydrogen (secondary N) is 1. The van der Waals surface area contributed by atoms with Gasteiger partial charge in [0.05, 0.1) is 13.1 Å². The van der Waals surface area contributed by atoms with Gasteiger partial charge in [-0.3, -0.25) is 14.5 Å². The van der Waals surface area contributed by atoms with Crippen LogP contribution >= 0.6 is 0 Å². The van der Waals surface area contributed by atoms with Gasteiger partial charge in [0.2, 0.25) is 11.8 Å². The highest BCUT2D eigenvalue weighted by atomic mass is 16.6. The normalized spacial score (nSPS) is 22.5. The van der Waals surface area contributed by atoms with Crippen LogP contribution in [0.4, 0.5) is 0 Å². The smallest absolute Gasteiger partial charge is 0.234 e. The van der Waals surface area contributed by atoms with Gasteiger partial charge in [-0.05, 0) is 30.9 Å². The Hall–Kier alpha value is -2.28. The summed E-state index contributed by atoms with van der Waals surface area (Å²) in [6, 6.07) is 7.57. The fourth-order valence-corrected chi connectivity index (χ4v) is 4.57. The predicted molar refractivity (Wildman–Crippen MR) is 114 cm³/mol. The van der Waals surface area contributed by atoms with Gasteiger partial charge in [0.15, 0.2) is 11.5 Å². The van der Waals surface area contributed by atoms with Crippen LogP contribution in [0.3, 0.4) is 0 Å². The van der Waals surface area contributed by atoms with E-state index in [1.165, 1.54) is 32.1 Å². The first kappa shape index (κ1) is 21.0. The van der Waals surface area contributed by atoms with Gasteiger partial charge in [0.1, 0.15) is 12.7 Å². The van der Waals surface area contributed by atoms with E-state index in [1.807, 2.05) is 29.2 Å². The fraction of sp³-hybridized carbons (Fsp3) is 0.652. The fourth-order valence-electron chi connectivity index (χ4n) is 4.57. The lowest BCUT2D eigenvalue weighted by atomic mass is 9.86. The molecule has 7 nitrogen and oxygen atoms in total. The number of ether oxygens (including phenoxy) is 2. The first-order chi connectivity index (χ1) is 14.7. The number of para-hydroxylation sites is 2. The maximum absolute atomic E-state index is 12.6. The number of benzene rings is 1. The average Bonchev–Trinajstić information content (AvgIpc) is 2.79. The average molecular weight is 416 g/mol. The number of fused-ring (bicyclic) bond motifs is 1.